The smallest absolute Gasteiger partial charge is 0.285 e. The van der Waals surface area contributed by atoms with Crippen LogP contribution in [0, 0.1) is 25.2 Å². The Bertz CT molecular complexity index is 1230. The van der Waals surface area contributed by atoms with Gasteiger partial charge in [-0.25, -0.2) is 4.68 Å². The molecule has 0 saturated heterocycles. The maximum Gasteiger partial charge on any atom is 0.285 e. The van der Waals surface area contributed by atoms with E-state index in [0.29, 0.717) is 48.2 Å². The first-order chi connectivity index (χ1) is 15.0. The van der Waals surface area contributed by atoms with Gasteiger partial charge in [0.15, 0.2) is 11.5 Å². The van der Waals surface area contributed by atoms with Gasteiger partial charge in [-0.1, -0.05) is 6.07 Å². The van der Waals surface area contributed by atoms with E-state index in [0.717, 1.165) is 9.56 Å². The molecular formula is C22H20N4O4S. The minimum absolute atomic E-state index is 0.00411. The van der Waals surface area contributed by atoms with E-state index >= 15 is 0 Å². The Morgan fingerprint density at radius 1 is 1.26 bits per heavy atom. The number of nitriles is 1. The second-order valence-electron chi connectivity index (χ2n) is 7.05. The van der Waals surface area contributed by atoms with Gasteiger partial charge in [0.25, 0.3) is 5.56 Å². The van der Waals surface area contributed by atoms with Crippen molar-refractivity contribution in [1.82, 2.24) is 9.78 Å². The summed E-state index contributed by atoms with van der Waals surface area (Å²) in [6, 6.07) is 11.1. The number of hydrogen-bond donors (Lipinski definition) is 0. The summed E-state index contributed by atoms with van der Waals surface area (Å²) in [7, 11) is 0. The molecule has 4 rings (SSSR count). The number of aryl methyl sites for hydroxylation is 1. The fourth-order valence-electron chi connectivity index (χ4n) is 3.31. The Morgan fingerprint density at radius 2 is 2.03 bits per heavy atom. The normalized spacial score (nSPS) is 12.3. The summed E-state index contributed by atoms with van der Waals surface area (Å²) in [4.78, 5) is 28.6. The largest absolute Gasteiger partial charge is 0.486 e. The van der Waals surface area contributed by atoms with Crippen molar-refractivity contribution in [2.24, 2.45) is 0 Å². The minimum Gasteiger partial charge on any atom is -0.486 e. The van der Waals surface area contributed by atoms with Crippen LogP contribution in [0.25, 0.3) is 0 Å². The fraction of sp³-hybridized carbons (Fsp3) is 0.273. The first-order valence-corrected chi connectivity index (χ1v) is 10.6. The molecule has 0 N–H and O–H groups in total. The lowest BCUT2D eigenvalue weighted by Crippen LogP contribution is -2.38. The van der Waals surface area contributed by atoms with Gasteiger partial charge in [-0.2, -0.15) is 10.4 Å². The highest BCUT2D eigenvalue weighted by Gasteiger charge is 2.22. The number of amides is 1. The van der Waals surface area contributed by atoms with Gasteiger partial charge in [0.2, 0.25) is 5.91 Å². The number of nitrogens with zero attached hydrogens (tertiary/aromatic N) is 4. The molecule has 1 aromatic carbocycles. The summed E-state index contributed by atoms with van der Waals surface area (Å²) in [5.41, 5.74) is 1.12. The van der Waals surface area contributed by atoms with E-state index < -0.39 is 5.56 Å². The average Bonchev–Trinajstić information content (AvgIpc) is 3.29. The third-order valence-corrected chi connectivity index (χ3v) is 5.93. The van der Waals surface area contributed by atoms with Gasteiger partial charge in [0.1, 0.15) is 31.4 Å². The standard InChI is InChI=1S/C22H20N4O4S/c1-14-15(2)24-26(22(28)18(14)11-23)13-21(27)25(12-17-4-3-9-31-17)16-5-6-19-20(10-16)30-8-7-29-19/h3-6,9-10H,7-8,12-13H2,1-2H3. The van der Waals surface area contributed by atoms with Crippen LogP contribution >= 0.6 is 11.3 Å². The van der Waals surface area contributed by atoms with Crippen molar-refractivity contribution in [3.8, 4) is 17.6 Å². The molecule has 9 heteroatoms. The first kappa shape index (κ1) is 20.6. The van der Waals surface area contributed by atoms with Crippen molar-refractivity contribution in [2.45, 2.75) is 26.9 Å². The molecule has 1 aliphatic heterocycles. The number of aromatic nitrogens is 2. The number of carbonyl (C=O) groups excluding carboxylic acids is 1. The average molecular weight is 436 g/mol. The van der Waals surface area contributed by atoms with Crippen LogP contribution in [0.4, 0.5) is 5.69 Å². The molecule has 0 radical (unpaired) electrons. The van der Waals surface area contributed by atoms with E-state index in [1.165, 1.54) is 11.3 Å². The van der Waals surface area contributed by atoms with Gasteiger partial charge in [0, 0.05) is 16.6 Å². The second-order valence-corrected chi connectivity index (χ2v) is 8.08. The van der Waals surface area contributed by atoms with E-state index in [-0.39, 0.29) is 18.0 Å². The van der Waals surface area contributed by atoms with E-state index in [4.69, 9.17) is 9.47 Å². The molecule has 0 atom stereocenters. The lowest BCUT2D eigenvalue weighted by Gasteiger charge is -2.25. The summed E-state index contributed by atoms with van der Waals surface area (Å²) in [5.74, 6) is 0.872. The zero-order chi connectivity index (χ0) is 22.0. The topological polar surface area (TPSA) is 97.4 Å². The van der Waals surface area contributed by atoms with Crippen molar-refractivity contribution in [3.05, 3.63) is 67.8 Å². The Morgan fingerprint density at radius 3 is 2.74 bits per heavy atom. The number of carbonyl (C=O) groups is 1. The van der Waals surface area contributed by atoms with Crippen molar-refractivity contribution in [1.29, 1.82) is 5.26 Å². The Labute approximate surface area is 182 Å². The lowest BCUT2D eigenvalue weighted by molar-refractivity contribution is -0.119. The maximum atomic E-state index is 13.3. The monoisotopic (exact) mass is 436 g/mol. The number of thiophene rings is 1. The number of ether oxygens (including phenoxy) is 2. The van der Waals surface area contributed by atoms with Crippen LogP contribution in [-0.4, -0.2) is 28.9 Å². The van der Waals surface area contributed by atoms with E-state index in [9.17, 15) is 14.9 Å². The Hall–Kier alpha value is -3.64. The van der Waals surface area contributed by atoms with Gasteiger partial charge >= 0.3 is 0 Å². The van der Waals surface area contributed by atoms with E-state index in [1.54, 1.807) is 36.9 Å². The molecule has 0 fully saturated rings. The highest BCUT2D eigenvalue weighted by Crippen LogP contribution is 2.34. The van der Waals surface area contributed by atoms with Crippen LogP contribution in [0.2, 0.25) is 0 Å². The van der Waals surface area contributed by atoms with Gasteiger partial charge in [-0.05, 0) is 43.0 Å². The van der Waals surface area contributed by atoms with Crippen molar-refractivity contribution < 1.29 is 14.3 Å². The first-order valence-electron chi connectivity index (χ1n) is 9.68. The molecule has 8 nitrogen and oxygen atoms in total. The number of fused-ring (bicyclic) bond motifs is 1. The molecule has 0 spiro atoms. The van der Waals surface area contributed by atoms with Crippen molar-refractivity contribution in [2.75, 3.05) is 18.1 Å². The third-order valence-electron chi connectivity index (χ3n) is 5.07. The minimum atomic E-state index is -0.572. The van der Waals surface area contributed by atoms with Crippen LogP contribution in [0.15, 0.2) is 40.5 Å². The number of benzene rings is 1. The van der Waals surface area contributed by atoms with Crippen molar-refractivity contribution >= 4 is 22.9 Å². The maximum absolute atomic E-state index is 13.3. The van der Waals surface area contributed by atoms with Crippen LogP contribution in [-0.2, 0) is 17.9 Å². The molecule has 158 valence electrons. The molecule has 3 aromatic rings. The molecule has 0 saturated carbocycles. The van der Waals surface area contributed by atoms with E-state index in [1.807, 2.05) is 23.6 Å². The Kier molecular flexibility index (Phi) is 5.73. The van der Waals surface area contributed by atoms with Crippen LogP contribution in [0.3, 0.4) is 0 Å². The van der Waals surface area contributed by atoms with Gasteiger partial charge in [-0.3, -0.25) is 9.59 Å². The molecule has 1 aliphatic rings. The second kappa shape index (κ2) is 8.62. The van der Waals surface area contributed by atoms with E-state index in [2.05, 4.69) is 5.10 Å². The zero-order valence-electron chi connectivity index (χ0n) is 17.1. The third kappa shape index (κ3) is 4.15. The summed E-state index contributed by atoms with van der Waals surface area (Å²) >= 11 is 1.53. The van der Waals surface area contributed by atoms with Crippen molar-refractivity contribution in [3.63, 3.8) is 0 Å². The summed E-state index contributed by atoms with van der Waals surface area (Å²) in [5, 5.41) is 15.5. The molecular weight excluding hydrogens is 416 g/mol. The molecule has 1 amide bonds. The van der Waals surface area contributed by atoms with Gasteiger partial charge < -0.3 is 14.4 Å². The molecule has 2 aromatic heterocycles. The number of rotatable bonds is 5. The molecule has 3 heterocycles. The Balaban J connectivity index is 1.69. The summed E-state index contributed by atoms with van der Waals surface area (Å²) < 4.78 is 12.3. The summed E-state index contributed by atoms with van der Waals surface area (Å²) in [6.07, 6.45) is 0. The molecule has 31 heavy (non-hydrogen) atoms. The molecule has 0 bridgehead atoms. The summed E-state index contributed by atoms with van der Waals surface area (Å²) in [6.45, 7) is 4.35. The highest BCUT2D eigenvalue weighted by atomic mass is 32.1. The lowest BCUT2D eigenvalue weighted by atomic mass is 10.1. The van der Waals surface area contributed by atoms with Gasteiger partial charge in [-0.15, -0.1) is 11.3 Å². The predicted octanol–water partition coefficient (Wildman–Crippen LogP) is 2.80. The van der Waals surface area contributed by atoms with Gasteiger partial charge in [0.05, 0.1) is 12.2 Å². The quantitative estimate of drug-likeness (QED) is 0.610. The highest BCUT2D eigenvalue weighted by molar-refractivity contribution is 7.09. The molecule has 0 unspecified atom stereocenters. The fourth-order valence-corrected chi connectivity index (χ4v) is 4.00. The molecule has 0 aliphatic carbocycles. The zero-order valence-corrected chi connectivity index (χ0v) is 17.9. The predicted molar refractivity (Wildman–Crippen MR) is 116 cm³/mol. The SMILES string of the molecule is Cc1nn(CC(=O)N(Cc2cccs2)c2ccc3c(c2)OCCO3)c(=O)c(C#N)c1C. The van der Waals surface area contributed by atoms with Crippen LogP contribution < -0.4 is 19.9 Å². The van der Waals surface area contributed by atoms with Crippen LogP contribution in [0.5, 0.6) is 11.5 Å². The number of anilines is 1. The van der Waals surface area contributed by atoms with Crippen LogP contribution in [0.1, 0.15) is 21.7 Å². The number of hydrogen-bond acceptors (Lipinski definition) is 7.